The second-order valence-corrected chi connectivity index (χ2v) is 3.46. The van der Waals surface area contributed by atoms with Crippen molar-refractivity contribution >= 4 is 17.0 Å². The summed E-state index contributed by atoms with van der Waals surface area (Å²) in [7, 11) is 1.24. The number of nitriles is 1. The molecular formula is C12H10N2O3. The van der Waals surface area contributed by atoms with E-state index >= 15 is 0 Å². The molecule has 0 saturated carbocycles. The lowest BCUT2D eigenvalue weighted by Gasteiger charge is -2.02. The highest BCUT2D eigenvalue weighted by molar-refractivity contribution is 5.95. The minimum absolute atomic E-state index is 0.0380. The number of aromatic hydroxyl groups is 1. The van der Waals surface area contributed by atoms with Gasteiger partial charge in [0.25, 0.3) is 0 Å². The molecule has 0 amide bonds. The van der Waals surface area contributed by atoms with Gasteiger partial charge in [-0.05, 0) is 6.07 Å². The maximum Gasteiger partial charge on any atom is 0.421 e. The third kappa shape index (κ3) is 1.60. The van der Waals surface area contributed by atoms with E-state index in [1.54, 1.807) is 24.3 Å². The summed E-state index contributed by atoms with van der Waals surface area (Å²) in [6.07, 6.45) is -0.640. The average Bonchev–Trinajstić information content (AvgIpc) is 2.63. The van der Waals surface area contributed by atoms with Crippen molar-refractivity contribution in [3.05, 3.63) is 29.8 Å². The van der Waals surface area contributed by atoms with E-state index in [0.29, 0.717) is 16.5 Å². The van der Waals surface area contributed by atoms with Gasteiger partial charge < -0.3 is 9.84 Å². The third-order valence-corrected chi connectivity index (χ3v) is 2.56. The maximum atomic E-state index is 11.6. The zero-order valence-corrected chi connectivity index (χ0v) is 9.17. The molecule has 1 heterocycles. The molecule has 2 rings (SSSR count). The second-order valence-electron chi connectivity index (χ2n) is 3.46. The normalized spacial score (nSPS) is 10.1. The molecular weight excluding hydrogens is 220 g/mol. The van der Waals surface area contributed by atoms with Gasteiger partial charge in [-0.15, -0.1) is 0 Å². The van der Waals surface area contributed by atoms with E-state index in [2.05, 4.69) is 4.74 Å². The first-order valence-electron chi connectivity index (χ1n) is 4.97. The summed E-state index contributed by atoms with van der Waals surface area (Å²) >= 11 is 0. The smallest absolute Gasteiger partial charge is 0.421 e. The molecule has 0 fully saturated rings. The molecule has 17 heavy (non-hydrogen) atoms. The number of methoxy groups -OCH3 is 1. The molecule has 0 unspecified atom stereocenters. The monoisotopic (exact) mass is 230 g/mol. The predicted octanol–water partition coefficient (Wildman–Crippen LogP) is 2.03. The van der Waals surface area contributed by atoms with Crippen molar-refractivity contribution in [1.82, 2.24) is 4.57 Å². The van der Waals surface area contributed by atoms with Crippen LogP contribution < -0.4 is 0 Å². The summed E-state index contributed by atoms with van der Waals surface area (Å²) in [5.74, 6) is -0.236. The van der Waals surface area contributed by atoms with Gasteiger partial charge in [-0.3, -0.25) is 0 Å². The van der Waals surface area contributed by atoms with Crippen molar-refractivity contribution in [1.29, 1.82) is 5.26 Å². The second kappa shape index (κ2) is 4.18. The van der Waals surface area contributed by atoms with Gasteiger partial charge in [0.15, 0.2) is 0 Å². The molecule has 0 atom stereocenters. The number of hydrogen-bond donors (Lipinski definition) is 1. The highest BCUT2D eigenvalue weighted by atomic mass is 16.5. The molecule has 0 aliphatic rings. The van der Waals surface area contributed by atoms with Gasteiger partial charge in [-0.2, -0.15) is 5.26 Å². The number of carbonyl (C=O) groups is 1. The summed E-state index contributed by atoms with van der Waals surface area (Å²) in [6.45, 7) is 0. The first kappa shape index (κ1) is 11.0. The fourth-order valence-electron chi connectivity index (χ4n) is 1.82. The maximum absolute atomic E-state index is 11.6. The highest BCUT2D eigenvalue weighted by Gasteiger charge is 2.20. The first-order valence-corrected chi connectivity index (χ1v) is 4.97. The third-order valence-electron chi connectivity index (χ3n) is 2.56. The van der Waals surface area contributed by atoms with Crippen molar-refractivity contribution in [2.75, 3.05) is 7.11 Å². The number of hydrogen-bond acceptors (Lipinski definition) is 4. The molecule has 5 nitrogen and oxygen atoms in total. The van der Waals surface area contributed by atoms with Crippen LogP contribution in [-0.4, -0.2) is 22.9 Å². The fourth-order valence-corrected chi connectivity index (χ4v) is 1.82. The molecule has 0 bridgehead atoms. The number of benzene rings is 1. The largest absolute Gasteiger partial charge is 0.494 e. The van der Waals surface area contributed by atoms with Gasteiger partial charge >= 0.3 is 6.09 Å². The Morgan fingerprint density at radius 2 is 2.24 bits per heavy atom. The van der Waals surface area contributed by atoms with E-state index in [1.165, 1.54) is 7.11 Å². The van der Waals surface area contributed by atoms with Crippen LogP contribution in [0.1, 0.15) is 5.56 Å². The van der Waals surface area contributed by atoms with Crippen LogP contribution in [0, 0.1) is 11.3 Å². The predicted molar refractivity (Wildman–Crippen MR) is 60.7 cm³/mol. The van der Waals surface area contributed by atoms with Crippen LogP contribution in [0.4, 0.5) is 4.79 Å². The van der Waals surface area contributed by atoms with Crippen molar-refractivity contribution in [2.24, 2.45) is 0 Å². The lowest BCUT2D eigenvalue weighted by Crippen LogP contribution is -2.10. The first-order chi connectivity index (χ1) is 8.20. The number of nitrogens with zero attached hydrogens (tertiary/aromatic N) is 2. The molecule has 1 aromatic heterocycles. The molecule has 1 N–H and O–H groups in total. The SMILES string of the molecule is COC(=O)n1c(O)c(CC#N)c2ccccc21. The number of carbonyl (C=O) groups excluding carboxylic acids is 1. The number of aromatic nitrogens is 1. The van der Waals surface area contributed by atoms with Gasteiger partial charge in [0, 0.05) is 10.9 Å². The topological polar surface area (TPSA) is 75.2 Å². The average molecular weight is 230 g/mol. The van der Waals surface area contributed by atoms with Crippen LogP contribution >= 0.6 is 0 Å². The number of rotatable bonds is 1. The Balaban J connectivity index is 2.80. The molecule has 0 spiro atoms. The van der Waals surface area contributed by atoms with Crippen molar-refractivity contribution in [2.45, 2.75) is 6.42 Å². The van der Waals surface area contributed by atoms with E-state index in [-0.39, 0.29) is 12.3 Å². The standard InChI is InChI=1S/C12H10N2O3/c1-17-12(16)14-10-5-3-2-4-8(10)9(6-7-13)11(14)15/h2-5,15H,6H2,1H3. The van der Waals surface area contributed by atoms with Crippen LogP contribution in [0.25, 0.3) is 10.9 Å². The van der Waals surface area contributed by atoms with E-state index in [0.717, 1.165) is 4.57 Å². The van der Waals surface area contributed by atoms with E-state index in [9.17, 15) is 9.90 Å². The summed E-state index contributed by atoms with van der Waals surface area (Å²) in [5, 5.41) is 19.4. The van der Waals surface area contributed by atoms with Crippen LogP contribution in [0.2, 0.25) is 0 Å². The fraction of sp³-hybridized carbons (Fsp3) is 0.167. The molecule has 0 aliphatic heterocycles. The van der Waals surface area contributed by atoms with E-state index in [4.69, 9.17) is 5.26 Å². The summed E-state index contributed by atoms with van der Waals surface area (Å²) < 4.78 is 5.66. The van der Waals surface area contributed by atoms with Crippen molar-refractivity contribution in [3.63, 3.8) is 0 Å². The molecule has 0 aliphatic carbocycles. The van der Waals surface area contributed by atoms with Crippen LogP contribution in [-0.2, 0) is 11.2 Å². The summed E-state index contributed by atoms with van der Waals surface area (Å²) in [5.41, 5.74) is 0.968. The molecule has 1 aromatic carbocycles. The lowest BCUT2D eigenvalue weighted by molar-refractivity contribution is 0.171. The molecule has 86 valence electrons. The Kier molecular flexibility index (Phi) is 2.71. The molecule has 2 aromatic rings. The zero-order chi connectivity index (χ0) is 12.4. The summed E-state index contributed by atoms with van der Waals surface area (Å²) in [4.78, 5) is 11.6. The van der Waals surface area contributed by atoms with Gasteiger partial charge in [0.1, 0.15) is 0 Å². The number of para-hydroxylation sites is 1. The minimum Gasteiger partial charge on any atom is -0.494 e. The van der Waals surface area contributed by atoms with Crippen LogP contribution in [0.15, 0.2) is 24.3 Å². The highest BCUT2D eigenvalue weighted by Crippen LogP contribution is 2.31. The van der Waals surface area contributed by atoms with E-state index in [1.807, 2.05) is 6.07 Å². The van der Waals surface area contributed by atoms with Gasteiger partial charge in [-0.25, -0.2) is 9.36 Å². The molecule has 5 heteroatoms. The Bertz CT molecular complexity index is 622. The quantitative estimate of drug-likeness (QED) is 0.813. The minimum atomic E-state index is -0.678. The van der Waals surface area contributed by atoms with Gasteiger partial charge in [-0.1, -0.05) is 18.2 Å². The van der Waals surface area contributed by atoms with Crippen LogP contribution in [0.3, 0.4) is 0 Å². The Morgan fingerprint density at radius 1 is 1.53 bits per heavy atom. The Hall–Kier alpha value is -2.48. The zero-order valence-electron chi connectivity index (χ0n) is 9.17. The van der Waals surface area contributed by atoms with Gasteiger partial charge in [0.05, 0.1) is 25.1 Å². The number of ether oxygens (including phenoxy) is 1. The molecule has 0 saturated heterocycles. The lowest BCUT2D eigenvalue weighted by atomic mass is 10.1. The van der Waals surface area contributed by atoms with Gasteiger partial charge in [0.2, 0.25) is 5.88 Å². The Morgan fingerprint density at radius 3 is 2.88 bits per heavy atom. The van der Waals surface area contributed by atoms with Crippen molar-refractivity contribution in [3.8, 4) is 11.9 Å². The van der Waals surface area contributed by atoms with Crippen LogP contribution in [0.5, 0.6) is 5.88 Å². The summed E-state index contributed by atoms with van der Waals surface area (Å²) in [6, 6.07) is 8.93. The molecule has 0 radical (unpaired) electrons. The van der Waals surface area contributed by atoms with Crippen molar-refractivity contribution < 1.29 is 14.6 Å². The van der Waals surface area contributed by atoms with E-state index < -0.39 is 6.09 Å². The number of fused-ring (bicyclic) bond motifs is 1. The Labute approximate surface area is 97.5 Å².